The lowest BCUT2D eigenvalue weighted by atomic mass is 10.1. The number of carbonyl (C=O) groups is 1. The molecule has 0 aromatic heterocycles. The summed E-state index contributed by atoms with van der Waals surface area (Å²) in [5.74, 6) is -0.133. The molecule has 18 heavy (non-hydrogen) atoms. The lowest BCUT2D eigenvalue weighted by molar-refractivity contribution is -0.143. The number of esters is 1. The molecule has 1 unspecified atom stereocenters. The van der Waals surface area contributed by atoms with Crippen molar-refractivity contribution in [3.05, 3.63) is 48.0 Å². The Kier molecular flexibility index (Phi) is 4.58. The van der Waals surface area contributed by atoms with Gasteiger partial charge in [-0.1, -0.05) is 72.0 Å². The first kappa shape index (κ1) is 13.3. The van der Waals surface area contributed by atoms with Crippen LogP contribution in [0.2, 0.25) is 0 Å². The minimum absolute atomic E-state index is 0.0578. The SMILES string of the molecule is CCC(I)C(=O)OCc1cccc2ccccc12. The second kappa shape index (κ2) is 6.18. The molecule has 0 amide bonds. The zero-order valence-corrected chi connectivity index (χ0v) is 12.4. The van der Waals surface area contributed by atoms with Crippen LogP contribution >= 0.6 is 22.6 Å². The number of ether oxygens (including phenoxy) is 1. The van der Waals surface area contributed by atoms with Crippen LogP contribution in [-0.2, 0) is 16.1 Å². The van der Waals surface area contributed by atoms with Crippen molar-refractivity contribution < 1.29 is 9.53 Å². The number of benzene rings is 2. The fourth-order valence-corrected chi connectivity index (χ4v) is 2.00. The van der Waals surface area contributed by atoms with E-state index in [1.807, 2.05) is 31.2 Å². The van der Waals surface area contributed by atoms with Crippen molar-refractivity contribution in [1.29, 1.82) is 0 Å². The summed E-state index contributed by atoms with van der Waals surface area (Å²) in [5, 5.41) is 2.32. The number of rotatable bonds is 4. The summed E-state index contributed by atoms with van der Waals surface area (Å²) in [6.45, 7) is 2.33. The van der Waals surface area contributed by atoms with Crippen molar-refractivity contribution >= 4 is 39.3 Å². The Hall–Kier alpha value is -1.10. The maximum Gasteiger partial charge on any atom is 0.319 e. The van der Waals surface area contributed by atoms with Gasteiger partial charge in [0.15, 0.2) is 0 Å². The Balaban J connectivity index is 2.15. The first-order chi connectivity index (χ1) is 8.72. The Morgan fingerprint density at radius 1 is 1.22 bits per heavy atom. The summed E-state index contributed by atoms with van der Waals surface area (Å²) < 4.78 is 5.28. The van der Waals surface area contributed by atoms with E-state index in [1.54, 1.807) is 0 Å². The van der Waals surface area contributed by atoms with E-state index in [1.165, 1.54) is 5.39 Å². The molecule has 0 aliphatic carbocycles. The number of halogens is 1. The zero-order chi connectivity index (χ0) is 13.0. The van der Waals surface area contributed by atoms with Crippen LogP contribution in [0.25, 0.3) is 10.8 Å². The van der Waals surface area contributed by atoms with E-state index in [2.05, 4.69) is 40.8 Å². The maximum atomic E-state index is 11.7. The molecule has 1 atom stereocenters. The Labute approximate surface area is 120 Å². The molecular formula is C15H15IO2. The molecule has 0 fully saturated rings. The Bertz CT molecular complexity index is 546. The monoisotopic (exact) mass is 354 g/mol. The third-order valence-electron chi connectivity index (χ3n) is 2.86. The largest absolute Gasteiger partial charge is 0.460 e. The van der Waals surface area contributed by atoms with Gasteiger partial charge in [0.2, 0.25) is 0 Å². The summed E-state index contributed by atoms with van der Waals surface area (Å²) in [7, 11) is 0. The second-order valence-corrected chi connectivity index (χ2v) is 5.63. The minimum Gasteiger partial charge on any atom is -0.460 e. The summed E-state index contributed by atoms with van der Waals surface area (Å²) >= 11 is 2.12. The zero-order valence-electron chi connectivity index (χ0n) is 10.2. The van der Waals surface area contributed by atoms with Gasteiger partial charge in [-0.05, 0) is 22.8 Å². The lowest BCUT2D eigenvalue weighted by Crippen LogP contribution is -2.16. The molecule has 2 nitrogen and oxygen atoms in total. The molecule has 2 aromatic rings. The van der Waals surface area contributed by atoms with E-state index in [9.17, 15) is 4.79 Å². The molecule has 0 aliphatic heterocycles. The van der Waals surface area contributed by atoms with Crippen molar-refractivity contribution in [2.24, 2.45) is 0 Å². The van der Waals surface area contributed by atoms with Crippen molar-refractivity contribution in [1.82, 2.24) is 0 Å². The van der Waals surface area contributed by atoms with Gasteiger partial charge in [-0.15, -0.1) is 0 Å². The highest BCUT2D eigenvalue weighted by Crippen LogP contribution is 2.19. The molecule has 0 spiro atoms. The van der Waals surface area contributed by atoms with Gasteiger partial charge >= 0.3 is 5.97 Å². The molecule has 0 bridgehead atoms. The average Bonchev–Trinajstić information content (AvgIpc) is 2.43. The third-order valence-corrected chi connectivity index (χ3v) is 4.25. The van der Waals surface area contributed by atoms with Crippen molar-refractivity contribution in [3.63, 3.8) is 0 Å². The lowest BCUT2D eigenvalue weighted by Gasteiger charge is -2.10. The highest BCUT2D eigenvalue weighted by Gasteiger charge is 2.14. The molecule has 0 radical (unpaired) electrons. The maximum absolute atomic E-state index is 11.7. The van der Waals surface area contributed by atoms with Crippen LogP contribution < -0.4 is 0 Å². The Morgan fingerprint density at radius 3 is 2.72 bits per heavy atom. The minimum atomic E-state index is -0.133. The van der Waals surface area contributed by atoms with Crippen LogP contribution in [0.3, 0.4) is 0 Å². The molecule has 94 valence electrons. The third kappa shape index (κ3) is 3.02. The predicted octanol–water partition coefficient (Wildman–Crippen LogP) is 4.10. The van der Waals surface area contributed by atoms with Gasteiger partial charge < -0.3 is 4.74 Å². The molecule has 0 heterocycles. The van der Waals surface area contributed by atoms with Crippen molar-refractivity contribution in [3.8, 4) is 0 Å². The summed E-state index contributed by atoms with van der Waals surface area (Å²) in [5.41, 5.74) is 1.06. The summed E-state index contributed by atoms with van der Waals surface area (Å²) in [6.07, 6.45) is 0.801. The highest BCUT2D eigenvalue weighted by atomic mass is 127. The van der Waals surface area contributed by atoms with Gasteiger partial charge in [-0.2, -0.15) is 0 Å². The van der Waals surface area contributed by atoms with E-state index in [0.29, 0.717) is 6.61 Å². The first-order valence-electron chi connectivity index (χ1n) is 5.99. The van der Waals surface area contributed by atoms with Crippen LogP contribution in [0.4, 0.5) is 0 Å². The van der Waals surface area contributed by atoms with Gasteiger partial charge in [0.25, 0.3) is 0 Å². The van der Waals surface area contributed by atoms with E-state index < -0.39 is 0 Å². The Morgan fingerprint density at radius 2 is 1.94 bits per heavy atom. The summed E-state index contributed by atoms with van der Waals surface area (Å²) in [4.78, 5) is 11.7. The topological polar surface area (TPSA) is 26.3 Å². The number of hydrogen-bond acceptors (Lipinski definition) is 2. The molecular weight excluding hydrogens is 339 g/mol. The first-order valence-corrected chi connectivity index (χ1v) is 7.24. The molecule has 0 saturated carbocycles. The normalized spacial score (nSPS) is 12.3. The number of alkyl halides is 1. The molecule has 2 aromatic carbocycles. The van der Waals surface area contributed by atoms with E-state index >= 15 is 0 Å². The fraction of sp³-hybridized carbons (Fsp3) is 0.267. The summed E-state index contributed by atoms with van der Waals surface area (Å²) in [6, 6.07) is 14.2. The van der Waals surface area contributed by atoms with Crippen LogP contribution in [0.15, 0.2) is 42.5 Å². The van der Waals surface area contributed by atoms with Gasteiger partial charge in [0.1, 0.15) is 10.5 Å². The highest BCUT2D eigenvalue weighted by molar-refractivity contribution is 14.1. The van der Waals surface area contributed by atoms with Crippen molar-refractivity contribution in [2.45, 2.75) is 23.9 Å². The van der Waals surface area contributed by atoms with E-state index in [0.717, 1.165) is 17.4 Å². The molecule has 0 aliphatic rings. The average molecular weight is 354 g/mol. The van der Waals surface area contributed by atoms with Gasteiger partial charge in [0.05, 0.1) is 0 Å². The van der Waals surface area contributed by atoms with Gasteiger partial charge in [-0.3, -0.25) is 4.79 Å². The number of hydrogen-bond donors (Lipinski definition) is 0. The number of fused-ring (bicyclic) bond motifs is 1. The molecule has 0 saturated heterocycles. The van der Waals surface area contributed by atoms with E-state index in [-0.39, 0.29) is 9.89 Å². The number of carbonyl (C=O) groups excluding carboxylic acids is 1. The van der Waals surface area contributed by atoms with Crippen LogP contribution in [0.1, 0.15) is 18.9 Å². The standard InChI is InChI=1S/C15H15IO2/c1-2-14(16)15(17)18-10-12-8-5-7-11-6-3-4-9-13(11)12/h3-9,14H,2,10H2,1H3. The van der Waals surface area contributed by atoms with E-state index in [4.69, 9.17) is 4.74 Å². The van der Waals surface area contributed by atoms with Crippen LogP contribution in [-0.4, -0.2) is 9.89 Å². The van der Waals surface area contributed by atoms with Gasteiger partial charge in [-0.25, -0.2) is 0 Å². The fourth-order valence-electron chi connectivity index (χ4n) is 1.82. The predicted molar refractivity (Wildman–Crippen MR) is 81.8 cm³/mol. The molecule has 3 heteroatoms. The second-order valence-electron chi connectivity index (χ2n) is 4.12. The van der Waals surface area contributed by atoms with Crippen molar-refractivity contribution in [2.75, 3.05) is 0 Å². The van der Waals surface area contributed by atoms with Crippen LogP contribution in [0, 0.1) is 0 Å². The van der Waals surface area contributed by atoms with Crippen LogP contribution in [0.5, 0.6) is 0 Å². The molecule has 2 rings (SSSR count). The quantitative estimate of drug-likeness (QED) is 0.470. The molecule has 0 N–H and O–H groups in total. The smallest absolute Gasteiger partial charge is 0.319 e. The van der Waals surface area contributed by atoms with Gasteiger partial charge in [0, 0.05) is 0 Å².